The molecule has 1 saturated heterocycles. The monoisotopic (exact) mass is 438 g/mol. The van der Waals surface area contributed by atoms with E-state index in [-0.39, 0.29) is 5.82 Å². The Morgan fingerprint density at radius 3 is 2.77 bits per heavy atom. The predicted octanol–water partition coefficient (Wildman–Crippen LogP) is 4.65. The van der Waals surface area contributed by atoms with Crippen LogP contribution >= 0.6 is 22.7 Å². The Hall–Kier alpha value is -3.03. The Kier molecular flexibility index (Phi) is 4.84. The molecule has 1 fully saturated rings. The highest BCUT2D eigenvalue weighted by molar-refractivity contribution is 7.20. The number of anilines is 3. The van der Waals surface area contributed by atoms with Gasteiger partial charge in [0, 0.05) is 18.7 Å². The SMILES string of the molecule is CCc1nc2sc(N3C[CH]CC3)nn2c1Nc1nc(-c2ccc(F)cc2)c(C#N)s1. The van der Waals surface area contributed by atoms with E-state index in [2.05, 4.69) is 27.7 Å². The molecule has 10 heteroatoms. The molecule has 0 unspecified atom stereocenters. The van der Waals surface area contributed by atoms with E-state index in [1.807, 2.05) is 11.4 Å². The Labute approximate surface area is 180 Å². The van der Waals surface area contributed by atoms with Gasteiger partial charge in [0.25, 0.3) is 0 Å². The van der Waals surface area contributed by atoms with Crippen LogP contribution in [0.1, 0.15) is 23.9 Å². The summed E-state index contributed by atoms with van der Waals surface area (Å²) < 4.78 is 15.1. The van der Waals surface area contributed by atoms with Gasteiger partial charge < -0.3 is 10.2 Å². The second-order valence-corrected chi connectivity index (χ2v) is 8.74. The summed E-state index contributed by atoms with van der Waals surface area (Å²) in [7, 11) is 0. The largest absolute Gasteiger partial charge is 0.346 e. The molecular formula is C20H17FN7S2. The maximum Gasteiger partial charge on any atom is 0.216 e. The Bertz CT molecular complexity index is 1240. The van der Waals surface area contributed by atoms with Crippen molar-refractivity contribution in [2.45, 2.75) is 19.8 Å². The first-order valence-corrected chi connectivity index (χ1v) is 11.2. The number of hydrogen-bond acceptors (Lipinski definition) is 8. The van der Waals surface area contributed by atoms with E-state index >= 15 is 0 Å². The second-order valence-electron chi connectivity index (χ2n) is 6.80. The number of hydrogen-bond donors (Lipinski definition) is 1. The number of fused-ring (bicyclic) bond motifs is 1. The van der Waals surface area contributed by atoms with Crippen LogP contribution in [0.15, 0.2) is 24.3 Å². The maximum absolute atomic E-state index is 13.3. The zero-order chi connectivity index (χ0) is 20.7. The molecule has 4 aromatic rings. The average molecular weight is 439 g/mol. The van der Waals surface area contributed by atoms with Gasteiger partial charge in [0.15, 0.2) is 10.9 Å². The van der Waals surface area contributed by atoms with Crippen molar-refractivity contribution in [3.63, 3.8) is 0 Å². The molecule has 1 radical (unpaired) electrons. The summed E-state index contributed by atoms with van der Waals surface area (Å²) >= 11 is 2.83. The number of aryl methyl sites for hydroxylation is 1. The maximum atomic E-state index is 13.3. The summed E-state index contributed by atoms with van der Waals surface area (Å²) in [6.45, 7) is 3.92. The van der Waals surface area contributed by atoms with Crippen LogP contribution in [0.4, 0.5) is 20.5 Å². The number of nitriles is 1. The van der Waals surface area contributed by atoms with Gasteiger partial charge in [0.2, 0.25) is 10.1 Å². The van der Waals surface area contributed by atoms with Crippen LogP contribution < -0.4 is 10.2 Å². The molecule has 151 valence electrons. The number of rotatable bonds is 5. The minimum absolute atomic E-state index is 0.324. The summed E-state index contributed by atoms with van der Waals surface area (Å²) in [6, 6.07) is 8.18. The van der Waals surface area contributed by atoms with E-state index in [0.717, 1.165) is 47.5 Å². The second kappa shape index (κ2) is 7.66. The van der Waals surface area contributed by atoms with Crippen LogP contribution in [-0.4, -0.2) is 32.7 Å². The van der Waals surface area contributed by atoms with Crippen molar-refractivity contribution in [1.29, 1.82) is 5.26 Å². The molecule has 0 bridgehead atoms. The smallest absolute Gasteiger partial charge is 0.216 e. The van der Waals surface area contributed by atoms with E-state index in [0.29, 0.717) is 21.3 Å². The van der Waals surface area contributed by atoms with Crippen molar-refractivity contribution in [2.75, 3.05) is 23.3 Å². The molecule has 0 atom stereocenters. The molecule has 0 amide bonds. The van der Waals surface area contributed by atoms with Gasteiger partial charge in [-0.1, -0.05) is 29.6 Å². The van der Waals surface area contributed by atoms with Crippen LogP contribution in [0, 0.1) is 23.6 Å². The molecule has 1 aliphatic rings. The highest BCUT2D eigenvalue weighted by Crippen LogP contribution is 2.35. The Morgan fingerprint density at radius 2 is 2.07 bits per heavy atom. The van der Waals surface area contributed by atoms with Gasteiger partial charge in [-0.05, 0) is 43.5 Å². The topological polar surface area (TPSA) is 82.1 Å². The van der Waals surface area contributed by atoms with Gasteiger partial charge in [0.1, 0.15) is 22.5 Å². The molecule has 30 heavy (non-hydrogen) atoms. The molecule has 0 aliphatic carbocycles. The molecule has 1 N–H and O–H groups in total. The summed E-state index contributed by atoms with van der Waals surface area (Å²) in [5.74, 6) is 0.442. The highest BCUT2D eigenvalue weighted by Gasteiger charge is 2.22. The van der Waals surface area contributed by atoms with Crippen molar-refractivity contribution in [3.05, 3.63) is 47.1 Å². The van der Waals surface area contributed by atoms with Gasteiger partial charge >= 0.3 is 0 Å². The number of halogens is 1. The van der Waals surface area contributed by atoms with Gasteiger partial charge in [-0.2, -0.15) is 9.78 Å². The van der Waals surface area contributed by atoms with E-state index in [4.69, 9.17) is 10.1 Å². The lowest BCUT2D eigenvalue weighted by atomic mass is 10.1. The summed E-state index contributed by atoms with van der Waals surface area (Å²) in [4.78, 5) is 12.9. The molecule has 4 heterocycles. The molecule has 1 aliphatic heterocycles. The fraction of sp³-hybridized carbons (Fsp3) is 0.250. The molecule has 0 saturated carbocycles. The van der Waals surface area contributed by atoms with Crippen molar-refractivity contribution in [3.8, 4) is 17.3 Å². The summed E-state index contributed by atoms with van der Waals surface area (Å²) in [5.41, 5.74) is 2.13. The standard InChI is InChI=1S/C20H17FN7S2/c1-2-14-17(28-19(23-14)30-20(26-28)27-9-3-4-10-27)25-18-24-16(15(11-22)29-18)12-5-7-13(21)8-6-12/h3,5-8H,2,4,9-10H2,1H3,(H,24,25). The van der Waals surface area contributed by atoms with E-state index < -0.39 is 0 Å². The van der Waals surface area contributed by atoms with Crippen molar-refractivity contribution >= 4 is 43.7 Å². The fourth-order valence-electron chi connectivity index (χ4n) is 3.39. The quantitative estimate of drug-likeness (QED) is 0.489. The first-order chi connectivity index (χ1) is 14.7. The minimum Gasteiger partial charge on any atom is -0.346 e. The lowest BCUT2D eigenvalue weighted by Gasteiger charge is -2.11. The number of imidazole rings is 1. The van der Waals surface area contributed by atoms with Crippen LogP contribution in [-0.2, 0) is 6.42 Å². The Balaban J connectivity index is 1.52. The van der Waals surface area contributed by atoms with E-state index in [1.165, 1.54) is 23.5 Å². The van der Waals surface area contributed by atoms with Crippen LogP contribution in [0.25, 0.3) is 16.2 Å². The van der Waals surface area contributed by atoms with Gasteiger partial charge in [-0.15, -0.1) is 5.10 Å². The van der Waals surface area contributed by atoms with Gasteiger partial charge in [0.05, 0.1) is 5.69 Å². The average Bonchev–Trinajstić information content (AvgIpc) is 3.53. The first-order valence-electron chi connectivity index (χ1n) is 9.55. The predicted molar refractivity (Wildman–Crippen MR) is 117 cm³/mol. The number of nitrogens with zero attached hydrogens (tertiary/aromatic N) is 6. The van der Waals surface area contributed by atoms with Crippen LogP contribution in [0.3, 0.4) is 0 Å². The molecule has 0 spiro atoms. The van der Waals surface area contributed by atoms with Crippen molar-refractivity contribution in [2.24, 2.45) is 0 Å². The molecule has 3 aromatic heterocycles. The van der Waals surface area contributed by atoms with Crippen LogP contribution in [0.2, 0.25) is 0 Å². The lowest BCUT2D eigenvalue weighted by Crippen LogP contribution is -2.17. The summed E-state index contributed by atoms with van der Waals surface area (Å²) in [6.07, 6.45) is 4.05. The van der Waals surface area contributed by atoms with Crippen molar-refractivity contribution in [1.82, 2.24) is 19.6 Å². The number of thiazole rings is 1. The molecule has 1 aromatic carbocycles. The lowest BCUT2D eigenvalue weighted by molar-refractivity contribution is 0.628. The third-order valence-corrected chi connectivity index (χ3v) is 6.74. The normalized spacial score (nSPS) is 13.8. The summed E-state index contributed by atoms with van der Waals surface area (Å²) in [5, 5.41) is 19.2. The number of aromatic nitrogens is 4. The first kappa shape index (κ1) is 19.0. The van der Waals surface area contributed by atoms with Gasteiger partial charge in [-0.3, -0.25) is 0 Å². The Morgan fingerprint density at radius 1 is 1.23 bits per heavy atom. The number of benzene rings is 1. The fourth-order valence-corrected chi connectivity index (χ4v) is 5.13. The zero-order valence-corrected chi connectivity index (χ0v) is 17.7. The molecule has 5 rings (SSSR count). The highest BCUT2D eigenvalue weighted by atomic mass is 32.1. The number of nitrogens with one attached hydrogen (secondary N) is 1. The third kappa shape index (κ3) is 3.30. The van der Waals surface area contributed by atoms with E-state index in [1.54, 1.807) is 23.5 Å². The molecule has 7 nitrogen and oxygen atoms in total. The molecular weight excluding hydrogens is 421 g/mol. The third-order valence-electron chi connectivity index (χ3n) is 4.89. The van der Waals surface area contributed by atoms with Crippen LogP contribution in [0.5, 0.6) is 0 Å². The van der Waals surface area contributed by atoms with Crippen molar-refractivity contribution < 1.29 is 4.39 Å². The minimum atomic E-state index is -0.324. The zero-order valence-electron chi connectivity index (χ0n) is 16.1. The van der Waals surface area contributed by atoms with Gasteiger partial charge in [-0.25, -0.2) is 14.4 Å². The van der Waals surface area contributed by atoms with E-state index in [9.17, 15) is 9.65 Å².